The normalized spacial score (nSPS) is 11.8. The lowest BCUT2D eigenvalue weighted by Crippen LogP contribution is -2.14. The molecule has 0 unspecified atom stereocenters. The molecule has 112 valence electrons. The largest absolute Gasteiger partial charge is 0.279 e. The highest BCUT2D eigenvalue weighted by molar-refractivity contribution is 9.10. The molecule has 22 heavy (non-hydrogen) atoms. The van der Waals surface area contributed by atoms with E-state index in [1.807, 2.05) is 0 Å². The number of nitrogens with zero attached hydrogens (tertiary/aromatic N) is 1. The summed E-state index contributed by atoms with van der Waals surface area (Å²) in [6.07, 6.45) is 1.26. The van der Waals surface area contributed by atoms with Crippen molar-refractivity contribution < 1.29 is 12.8 Å². The topological polar surface area (TPSA) is 70.0 Å². The summed E-state index contributed by atoms with van der Waals surface area (Å²) in [7, 11) is -4.03. The average Bonchev–Trinajstić information content (AvgIpc) is 2.48. The van der Waals surface area contributed by atoms with Gasteiger partial charge in [0.2, 0.25) is 0 Å². The van der Waals surface area contributed by atoms with Gasteiger partial charge in [0, 0.05) is 10.2 Å². The number of hydrogen-bond donors (Lipinski definition) is 1. The second-order valence-electron chi connectivity index (χ2n) is 4.28. The van der Waals surface area contributed by atoms with Crippen LogP contribution in [0.3, 0.4) is 0 Å². The molecule has 0 radical (unpaired) electrons. The van der Waals surface area contributed by atoms with Gasteiger partial charge in [-0.25, -0.2) is 12.8 Å². The van der Waals surface area contributed by atoms with Crippen LogP contribution in [0.25, 0.3) is 6.08 Å². The lowest BCUT2D eigenvalue weighted by molar-refractivity contribution is 0.608. The summed E-state index contributed by atoms with van der Waals surface area (Å²) in [4.78, 5) is -0.431. The van der Waals surface area contributed by atoms with E-state index < -0.39 is 20.7 Å². The first-order valence-corrected chi connectivity index (χ1v) is 8.34. The Balaban J connectivity index is 2.31. The molecule has 0 spiro atoms. The second-order valence-corrected chi connectivity index (χ2v) is 6.85. The quantitative estimate of drug-likeness (QED) is 0.817. The van der Waals surface area contributed by atoms with Crippen LogP contribution in [0.1, 0.15) is 5.56 Å². The maximum Gasteiger partial charge on any atom is 0.272 e. The van der Waals surface area contributed by atoms with Gasteiger partial charge < -0.3 is 0 Å². The maximum absolute atomic E-state index is 12.8. The van der Waals surface area contributed by atoms with E-state index in [0.29, 0.717) is 5.56 Å². The molecule has 0 bridgehead atoms. The first-order chi connectivity index (χ1) is 10.4. The molecule has 0 aliphatic carbocycles. The summed E-state index contributed by atoms with van der Waals surface area (Å²) < 4.78 is 40.3. The smallest absolute Gasteiger partial charge is 0.272 e. The molecule has 0 saturated carbocycles. The first-order valence-electron chi connectivity index (χ1n) is 6.06. The molecule has 0 saturated heterocycles. The third-order valence-electron chi connectivity index (χ3n) is 2.66. The van der Waals surface area contributed by atoms with Crippen molar-refractivity contribution in [1.82, 2.24) is 0 Å². The number of rotatable bonds is 4. The number of nitriles is 1. The SMILES string of the molecule is N#C/C(=C\c1ccc(Br)cc1)S(=O)(=O)Nc1ccc(F)cc1. The molecule has 2 rings (SSSR count). The van der Waals surface area contributed by atoms with Crippen LogP contribution in [0.5, 0.6) is 0 Å². The molecule has 2 aromatic carbocycles. The Labute approximate surface area is 136 Å². The Morgan fingerprint density at radius 2 is 1.73 bits per heavy atom. The Bertz CT molecular complexity index is 839. The number of benzene rings is 2. The lowest BCUT2D eigenvalue weighted by atomic mass is 10.2. The van der Waals surface area contributed by atoms with Crippen LogP contribution < -0.4 is 4.72 Å². The number of allylic oxidation sites excluding steroid dienone is 1. The molecular formula is C15H10BrFN2O2S. The zero-order chi connectivity index (χ0) is 16.2. The fourth-order valence-electron chi connectivity index (χ4n) is 1.61. The molecule has 0 fully saturated rings. The predicted octanol–water partition coefficient (Wildman–Crippen LogP) is 3.89. The van der Waals surface area contributed by atoms with Gasteiger partial charge in [-0.15, -0.1) is 0 Å². The van der Waals surface area contributed by atoms with Gasteiger partial charge in [0.05, 0.1) is 0 Å². The molecule has 0 amide bonds. The van der Waals surface area contributed by atoms with Crippen molar-refractivity contribution in [3.63, 3.8) is 0 Å². The minimum atomic E-state index is -4.03. The highest BCUT2D eigenvalue weighted by atomic mass is 79.9. The third kappa shape index (κ3) is 4.16. The van der Waals surface area contributed by atoms with E-state index in [1.54, 1.807) is 30.3 Å². The highest BCUT2D eigenvalue weighted by Crippen LogP contribution is 2.18. The van der Waals surface area contributed by atoms with Crippen LogP contribution in [0.2, 0.25) is 0 Å². The van der Waals surface area contributed by atoms with Gasteiger partial charge in [-0.2, -0.15) is 5.26 Å². The Hall–Kier alpha value is -2.17. The van der Waals surface area contributed by atoms with Gasteiger partial charge in [0.25, 0.3) is 10.0 Å². The number of sulfonamides is 1. The minimum absolute atomic E-state index is 0.179. The van der Waals surface area contributed by atoms with Gasteiger partial charge in [-0.3, -0.25) is 4.72 Å². The van der Waals surface area contributed by atoms with Crippen molar-refractivity contribution in [2.75, 3.05) is 4.72 Å². The molecule has 2 aromatic rings. The van der Waals surface area contributed by atoms with Crippen molar-refractivity contribution in [3.05, 3.63) is 69.3 Å². The van der Waals surface area contributed by atoms with Crippen LogP contribution in [-0.2, 0) is 10.0 Å². The highest BCUT2D eigenvalue weighted by Gasteiger charge is 2.17. The van der Waals surface area contributed by atoms with Gasteiger partial charge >= 0.3 is 0 Å². The van der Waals surface area contributed by atoms with Gasteiger partial charge in [0.1, 0.15) is 11.9 Å². The van der Waals surface area contributed by atoms with E-state index in [9.17, 15) is 12.8 Å². The van der Waals surface area contributed by atoms with Gasteiger partial charge in [-0.05, 0) is 48.0 Å². The molecule has 4 nitrogen and oxygen atoms in total. The molecular weight excluding hydrogens is 371 g/mol. The fourth-order valence-corrected chi connectivity index (χ4v) is 2.84. The minimum Gasteiger partial charge on any atom is -0.279 e. The maximum atomic E-state index is 12.8. The Morgan fingerprint density at radius 1 is 1.14 bits per heavy atom. The molecule has 0 aliphatic rings. The summed E-state index contributed by atoms with van der Waals surface area (Å²) in [5, 5.41) is 9.09. The summed E-state index contributed by atoms with van der Waals surface area (Å²) in [5.74, 6) is -0.478. The van der Waals surface area contributed by atoms with Crippen LogP contribution in [-0.4, -0.2) is 8.42 Å². The van der Waals surface area contributed by atoms with Crippen molar-refractivity contribution in [3.8, 4) is 6.07 Å². The van der Waals surface area contributed by atoms with Crippen LogP contribution >= 0.6 is 15.9 Å². The zero-order valence-corrected chi connectivity index (χ0v) is 13.5. The van der Waals surface area contributed by atoms with E-state index in [0.717, 1.165) is 16.6 Å². The van der Waals surface area contributed by atoms with E-state index in [2.05, 4.69) is 20.7 Å². The number of nitrogens with one attached hydrogen (secondary N) is 1. The zero-order valence-electron chi connectivity index (χ0n) is 11.1. The lowest BCUT2D eigenvalue weighted by Gasteiger charge is -2.07. The van der Waals surface area contributed by atoms with Crippen molar-refractivity contribution in [2.45, 2.75) is 0 Å². The van der Waals surface area contributed by atoms with Gasteiger partial charge in [-0.1, -0.05) is 28.1 Å². The summed E-state index contributed by atoms with van der Waals surface area (Å²) in [6, 6.07) is 13.3. The Morgan fingerprint density at radius 3 is 2.27 bits per heavy atom. The first kappa shape index (κ1) is 16.2. The van der Waals surface area contributed by atoms with Crippen LogP contribution in [0, 0.1) is 17.1 Å². The van der Waals surface area contributed by atoms with Crippen LogP contribution in [0.15, 0.2) is 57.9 Å². The van der Waals surface area contributed by atoms with E-state index in [1.165, 1.54) is 18.2 Å². The van der Waals surface area contributed by atoms with Gasteiger partial charge in [0.15, 0.2) is 4.91 Å². The van der Waals surface area contributed by atoms with E-state index in [4.69, 9.17) is 5.26 Å². The number of anilines is 1. The second kappa shape index (κ2) is 6.73. The molecule has 0 heterocycles. The molecule has 1 N–H and O–H groups in total. The number of hydrogen-bond acceptors (Lipinski definition) is 3. The fraction of sp³-hybridized carbons (Fsp3) is 0. The Kier molecular flexibility index (Phi) is 4.96. The monoisotopic (exact) mass is 380 g/mol. The predicted molar refractivity (Wildman–Crippen MR) is 86.7 cm³/mol. The molecule has 7 heteroatoms. The summed E-state index contributed by atoms with van der Waals surface area (Å²) in [5.41, 5.74) is 0.752. The summed E-state index contributed by atoms with van der Waals surface area (Å²) >= 11 is 3.27. The average molecular weight is 381 g/mol. The van der Waals surface area contributed by atoms with Crippen molar-refractivity contribution in [2.24, 2.45) is 0 Å². The third-order valence-corrected chi connectivity index (χ3v) is 4.49. The molecule has 0 atom stereocenters. The molecule has 0 aliphatic heterocycles. The van der Waals surface area contributed by atoms with Crippen molar-refractivity contribution >= 4 is 37.7 Å². The van der Waals surface area contributed by atoms with Crippen molar-refractivity contribution in [1.29, 1.82) is 5.26 Å². The number of halogens is 2. The van der Waals surface area contributed by atoms with E-state index in [-0.39, 0.29) is 5.69 Å². The van der Waals surface area contributed by atoms with E-state index >= 15 is 0 Å². The standard InChI is InChI=1S/C15H10BrFN2O2S/c16-12-3-1-11(2-4-12)9-15(10-18)22(20,21)19-14-7-5-13(17)6-8-14/h1-9,19H/b15-9+. The summed E-state index contributed by atoms with van der Waals surface area (Å²) in [6.45, 7) is 0. The van der Waals surface area contributed by atoms with Crippen LogP contribution in [0.4, 0.5) is 10.1 Å². The molecule has 0 aromatic heterocycles.